The van der Waals surface area contributed by atoms with Crippen molar-refractivity contribution in [3.05, 3.63) is 42.2 Å². The Bertz CT molecular complexity index is 618. The summed E-state index contributed by atoms with van der Waals surface area (Å²) in [6.45, 7) is 1.99. The zero-order chi connectivity index (χ0) is 13.9. The quantitative estimate of drug-likeness (QED) is 0.858. The highest BCUT2D eigenvalue weighted by molar-refractivity contribution is 5.55. The number of nitrogens with zero attached hydrogens (tertiary/aromatic N) is 4. The fourth-order valence-corrected chi connectivity index (χ4v) is 2.81. The summed E-state index contributed by atoms with van der Waals surface area (Å²) in [6, 6.07) is 12.3. The van der Waals surface area contributed by atoms with E-state index >= 15 is 0 Å². The van der Waals surface area contributed by atoms with Crippen LogP contribution in [0.5, 0.6) is 0 Å². The third kappa shape index (κ3) is 2.33. The first-order valence-electron chi connectivity index (χ1n) is 7.02. The number of hydrogen-bond acceptors (Lipinski definition) is 3. The van der Waals surface area contributed by atoms with E-state index in [0.717, 1.165) is 30.2 Å². The number of nitriles is 1. The molecule has 1 aliphatic heterocycles. The minimum absolute atomic E-state index is 0.221. The van der Waals surface area contributed by atoms with E-state index in [1.807, 2.05) is 48.1 Å². The monoisotopic (exact) mass is 266 g/mol. The van der Waals surface area contributed by atoms with E-state index < -0.39 is 0 Å². The second-order valence-electron chi connectivity index (χ2n) is 5.24. The van der Waals surface area contributed by atoms with Gasteiger partial charge in [0.25, 0.3) is 0 Å². The molecule has 0 radical (unpaired) electrons. The van der Waals surface area contributed by atoms with E-state index in [2.05, 4.69) is 11.0 Å². The number of aromatic nitrogens is 2. The maximum absolute atomic E-state index is 9.47. The Kier molecular flexibility index (Phi) is 3.53. The molecule has 1 atom stereocenters. The molecule has 1 saturated heterocycles. The fourth-order valence-electron chi connectivity index (χ4n) is 2.81. The number of hydrogen-bond donors (Lipinski definition) is 0. The Labute approximate surface area is 119 Å². The highest BCUT2D eigenvalue weighted by atomic mass is 15.2. The average molecular weight is 266 g/mol. The molecule has 1 aromatic heterocycles. The lowest BCUT2D eigenvalue weighted by atomic mass is 10.2. The predicted molar refractivity (Wildman–Crippen MR) is 77.8 cm³/mol. The third-order valence-electron chi connectivity index (χ3n) is 3.84. The summed E-state index contributed by atoms with van der Waals surface area (Å²) in [5.41, 5.74) is 1.94. The molecule has 0 N–H and O–H groups in total. The van der Waals surface area contributed by atoms with Gasteiger partial charge in [-0.1, -0.05) is 30.3 Å². The average Bonchev–Trinajstić information content (AvgIpc) is 3.11. The molecular formula is C16H18N4. The summed E-state index contributed by atoms with van der Waals surface area (Å²) in [5, 5.41) is 9.47. The summed E-state index contributed by atoms with van der Waals surface area (Å²) < 4.78 is 2.01. The summed E-state index contributed by atoms with van der Waals surface area (Å²) in [4.78, 5) is 6.91. The Morgan fingerprint density at radius 1 is 1.20 bits per heavy atom. The van der Waals surface area contributed by atoms with Crippen LogP contribution >= 0.6 is 0 Å². The minimum Gasteiger partial charge on any atom is -0.334 e. The van der Waals surface area contributed by atoms with Gasteiger partial charge < -0.3 is 4.57 Å². The molecule has 102 valence electrons. The SMILES string of the molecule is Cn1cc(C(C#N)N2CCCC2)nc1-c1ccccc1. The first-order chi connectivity index (χ1) is 9.79. The van der Waals surface area contributed by atoms with Gasteiger partial charge in [-0.15, -0.1) is 0 Å². The number of rotatable bonds is 3. The van der Waals surface area contributed by atoms with Crippen LogP contribution in [0.15, 0.2) is 36.5 Å². The van der Waals surface area contributed by atoms with Crippen LogP contribution in [0.4, 0.5) is 0 Å². The highest BCUT2D eigenvalue weighted by Gasteiger charge is 2.25. The molecule has 0 spiro atoms. The maximum atomic E-state index is 9.47. The molecule has 1 fully saturated rings. The molecule has 2 aromatic rings. The number of benzene rings is 1. The number of imidazole rings is 1. The minimum atomic E-state index is -0.221. The highest BCUT2D eigenvalue weighted by Crippen LogP contribution is 2.26. The lowest BCUT2D eigenvalue weighted by Crippen LogP contribution is -2.24. The van der Waals surface area contributed by atoms with Crippen LogP contribution in [-0.4, -0.2) is 27.5 Å². The summed E-state index contributed by atoms with van der Waals surface area (Å²) in [5.74, 6) is 0.917. The van der Waals surface area contributed by atoms with Gasteiger partial charge in [-0.2, -0.15) is 5.26 Å². The van der Waals surface area contributed by atoms with E-state index in [1.165, 1.54) is 12.8 Å². The van der Waals surface area contributed by atoms with Crippen LogP contribution in [-0.2, 0) is 7.05 Å². The molecule has 1 aromatic carbocycles. The third-order valence-corrected chi connectivity index (χ3v) is 3.84. The van der Waals surface area contributed by atoms with Crippen molar-refractivity contribution in [2.75, 3.05) is 13.1 Å². The second-order valence-corrected chi connectivity index (χ2v) is 5.24. The first-order valence-corrected chi connectivity index (χ1v) is 7.02. The van der Waals surface area contributed by atoms with Crippen LogP contribution in [0.2, 0.25) is 0 Å². The van der Waals surface area contributed by atoms with E-state index in [-0.39, 0.29) is 6.04 Å². The van der Waals surface area contributed by atoms with E-state index in [9.17, 15) is 5.26 Å². The standard InChI is InChI=1S/C16H18N4/c1-19-12-14(15(11-17)20-9-5-6-10-20)18-16(19)13-7-3-2-4-8-13/h2-4,7-8,12,15H,5-6,9-10H2,1H3. The smallest absolute Gasteiger partial charge is 0.142 e. The van der Waals surface area contributed by atoms with Gasteiger partial charge in [-0.05, 0) is 25.9 Å². The maximum Gasteiger partial charge on any atom is 0.142 e. The summed E-state index contributed by atoms with van der Waals surface area (Å²) in [7, 11) is 1.98. The molecule has 4 heteroatoms. The number of aryl methyl sites for hydroxylation is 1. The molecule has 1 aliphatic rings. The van der Waals surface area contributed by atoms with Crippen LogP contribution in [0.3, 0.4) is 0 Å². The van der Waals surface area contributed by atoms with Crippen molar-refractivity contribution in [1.82, 2.24) is 14.5 Å². The lowest BCUT2D eigenvalue weighted by Gasteiger charge is -2.19. The summed E-state index contributed by atoms with van der Waals surface area (Å²) >= 11 is 0. The molecule has 1 unspecified atom stereocenters. The fraction of sp³-hybridized carbons (Fsp3) is 0.375. The Morgan fingerprint density at radius 2 is 1.90 bits per heavy atom. The van der Waals surface area contributed by atoms with Gasteiger partial charge in [-0.3, -0.25) is 4.90 Å². The molecule has 20 heavy (non-hydrogen) atoms. The molecule has 0 saturated carbocycles. The van der Waals surface area contributed by atoms with Crippen molar-refractivity contribution in [3.8, 4) is 17.5 Å². The van der Waals surface area contributed by atoms with Crippen molar-refractivity contribution < 1.29 is 0 Å². The zero-order valence-corrected chi connectivity index (χ0v) is 11.7. The zero-order valence-electron chi connectivity index (χ0n) is 11.7. The molecule has 4 nitrogen and oxygen atoms in total. The van der Waals surface area contributed by atoms with E-state index in [0.29, 0.717) is 0 Å². The first kappa shape index (κ1) is 12.9. The largest absolute Gasteiger partial charge is 0.334 e. The van der Waals surface area contributed by atoms with Crippen LogP contribution in [0.25, 0.3) is 11.4 Å². The van der Waals surface area contributed by atoms with Crippen molar-refractivity contribution in [3.63, 3.8) is 0 Å². The normalized spacial score (nSPS) is 17.0. The van der Waals surface area contributed by atoms with Crippen molar-refractivity contribution in [2.24, 2.45) is 7.05 Å². The van der Waals surface area contributed by atoms with Crippen molar-refractivity contribution in [2.45, 2.75) is 18.9 Å². The van der Waals surface area contributed by atoms with E-state index in [4.69, 9.17) is 4.98 Å². The molecule has 0 aliphatic carbocycles. The second kappa shape index (κ2) is 5.48. The van der Waals surface area contributed by atoms with Gasteiger partial charge in [0.2, 0.25) is 0 Å². The van der Waals surface area contributed by atoms with Crippen molar-refractivity contribution in [1.29, 1.82) is 5.26 Å². The lowest BCUT2D eigenvalue weighted by molar-refractivity contribution is 0.290. The van der Waals surface area contributed by atoms with E-state index in [1.54, 1.807) is 0 Å². The van der Waals surface area contributed by atoms with Gasteiger partial charge in [0.05, 0.1) is 11.8 Å². The Hall–Kier alpha value is -2.12. The van der Waals surface area contributed by atoms with Crippen molar-refractivity contribution >= 4 is 0 Å². The van der Waals surface area contributed by atoms with Crippen LogP contribution in [0, 0.1) is 11.3 Å². The molecule has 3 rings (SSSR count). The summed E-state index contributed by atoms with van der Waals surface area (Å²) in [6.07, 6.45) is 4.33. The Morgan fingerprint density at radius 3 is 2.55 bits per heavy atom. The topological polar surface area (TPSA) is 44.9 Å². The van der Waals surface area contributed by atoms with Gasteiger partial charge in [0.1, 0.15) is 11.9 Å². The number of likely N-dealkylation sites (tertiary alicyclic amines) is 1. The molecular weight excluding hydrogens is 248 g/mol. The molecule has 2 heterocycles. The van der Waals surface area contributed by atoms with Gasteiger partial charge >= 0.3 is 0 Å². The molecule has 0 amide bonds. The van der Waals surface area contributed by atoms with Crippen LogP contribution < -0.4 is 0 Å². The Balaban J connectivity index is 1.94. The van der Waals surface area contributed by atoms with Gasteiger partial charge in [0.15, 0.2) is 0 Å². The predicted octanol–water partition coefficient (Wildman–Crippen LogP) is 2.75. The van der Waals surface area contributed by atoms with Crippen LogP contribution in [0.1, 0.15) is 24.6 Å². The van der Waals surface area contributed by atoms with Gasteiger partial charge in [0, 0.05) is 18.8 Å². The molecule has 0 bridgehead atoms. The van der Waals surface area contributed by atoms with Gasteiger partial charge in [-0.25, -0.2) is 4.98 Å².